The smallest absolute Gasteiger partial charge is 0.870 e. The van der Waals surface area contributed by atoms with Crippen LogP contribution < -0.4 is 0 Å². The van der Waals surface area contributed by atoms with Crippen LogP contribution in [0.5, 0.6) is 0 Å². The third-order valence-corrected chi connectivity index (χ3v) is 0. The second-order valence-electron chi connectivity index (χ2n) is 0. The maximum Gasteiger partial charge on any atom is 5.00 e. The Hall–Kier alpha value is 1.66. The van der Waals surface area contributed by atoms with Crippen molar-refractivity contribution in [3.8, 4) is 0 Å². The Kier molecular flexibility index (Phi) is 6090. The molecule has 8 heavy (non-hydrogen) atoms. The molecule has 0 saturated carbocycles. The summed E-state index contributed by atoms with van der Waals surface area (Å²) in [6.07, 6.45) is 0. The Morgan fingerprint density at radius 3 is 0.500 bits per heavy atom. The van der Waals surface area contributed by atoms with Crippen LogP contribution in [-0.2, 0) is 58.3 Å². The van der Waals surface area contributed by atoms with E-state index in [9.17, 15) is 0 Å². The fourth-order valence-corrected chi connectivity index (χ4v) is 0. The summed E-state index contributed by atoms with van der Waals surface area (Å²) in [7, 11) is 0. The van der Waals surface area contributed by atoms with E-state index in [0.717, 1.165) is 0 Å². The first kappa shape index (κ1) is 264. The van der Waals surface area contributed by atoms with Crippen molar-refractivity contribution in [3.05, 3.63) is 0 Å². The topological polar surface area (TPSA) is 150 Å². The zero-order chi connectivity index (χ0) is 0. The SMILES string of the molecule is [Cr].[Nb].[OH-].[OH-].[OH-].[OH-].[OH-].[V+5]. The van der Waals surface area contributed by atoms with Gasteiger partial charge in [-0.25, -0.2) is 0 Å². The third-order valence-electron chi connectivity index (χ3n) is 0. The van der Waals surface area contributed by atoms with Crippen LogP contribution >= 0.6 is 0 Å². The Labute approximate surface area is 85.3 Å². The monoisotopic (exact) mass is 281 g/mol. The van der Waals surface area contributed by atoms with Gasteiger partial charge in [0.1, 0.15) is 0 Å². The van der Waals surface area contributed by atoms with Crippen molar-refractivity contribution in [1.29, 1.82) is 0 Å². The Morgan fingerprint density at radius 2 is 0.500 bits per heavy atom. The molecule has 0 aromatic rings. The maximum atomic E-state index is 0. The van der Waals surface area contributed by atoms with Crippen LogP contribution in [0.25, 0.3) is 0 Å². The molecule has 0 rings (SSSR count). The zero-order valence-electron chi connectivity index (χ0n) is 3.54. The van der Waals surface area contributed by atoms with Gasteiger partial charge in [-0.1, -0.05) is 0 Å². The van der Waals surface area contributed by atoms with Gasteiger partial charge >= 0.3 is 18.6 Å². The molecule has 0 aliphatic carbocycles. The van der Waals surface area contributed by atoms with E-state index in [0.29, 0.717) is 0 Å². The van der Waals surface area contributed by atoms with Crippen molar-refractivity contribution in [2.75, 3.05) is 0 Å². The summed E-state index contributed by atoms with van der Waals surface area (Å²) >= 11 is 0. The second kappa shape index (κ2) is 185. The second-order valence-corrected chi connectivity index (χ2v) is 0. The zero-order valence-corrected chi connectivity index (χ0v) is 8.41. The van der Waals surface area contributed by atoms with E-state index >= 15 is 0 Å². The summed E-state index contributed by atoms with van der Waals surface area (Å²) in [6.45, 7) is 0. The Balaban J connectivity index is 0. The average Bonchev–Trinajstić information content (AvgIpc) is 0. The summed E-state index contributed by atoms with van der Waals surface area (Å²) in [4.78, 5) is 0. The summed E-state index contributed by atoms with van der Waals surface area (Å²) in [6, 6.07) is 0. The molecule has 0 heterocycles. The molecule has 0 aliphatic rings. The molecule has 0 aromatic heterocycles. The summed E-state index contributed by atoms with van der Waals surface area (Å²) in [5, 5.41) is 0. The minimum atomic E-state index is 0. The number of rotatable bonds is 0. The molecule has 0 bridgehead atoms. The first-order valence-corrected chi connectivity index (χ1v) is 0. The third kappa shape index (κ3) is 124. The van der Waals surface area contributed by atoms with E-state index < -0.39 is 0 Å². The Bertz CT molecular complexity index is 12.4. The van der Waals surface area contributed by atoms with E-state index in [1.54, 1.807) is 0 Å². The molecule has 0 spiro atoms. The van der Waals surface area contributed by atoms with Crippen LogP contribution in [0.2, 0.25) is 0 Å². The van der Waals surface area contributed by atoms with Crippen molar-refractivity contribution in [1.82, 2.24) is 0 Å². The van der Waals surface area contributed by atoms with Gasteiger partial charge in [0, 0.05) is 39.7 Å². The van der Waals surface area contributed by atoms with Crippen LogP contribution in [0.15, 0.2) is 0 Å². The number of hydrogen-bond acceptors (Lipinski definition) is 5. The summed E-state index contributed by atoms with van der Waals surface area (Å²) < 4.78 is 0. The van der Waals surface area contributed by atoms with Crippen molar-refractivity contribution < 1.29 is 85.7 Å². The quantitative estimate of drug-likeness (QED) is 0.527. The minimum Gasteiger partial charge on any atom is -0.870 e. The molecule has 51 valence electrons. The fraction of sp³-hybridized carbons (Fsp3) is 0. The standard InChI is InChI=1S/Cr.Nb.5H2O.V/h;;5*1H2;/q;;;;;;;+5/p-5. The first-order chi connectivity index (χ1) is 0. The molecule has 0 saturated heterocycles. The van der Waals surface area contributed by atoms with Crippen molar-refractivity contribution >= 4 is 0 Å². The van der Waals surface area contributed by atoms with Gasteiger partial charge in [0.15, 0.2) is 0 Å². The van der Waals surface area contributed by atoms with Gasteiger partial charge < -0.3 is 27.4 Å². The largest absolute Gasteiger partial charge is 5.00 e. The Morgan fingerprint density at radius 1 is 0.500 bits per heavy atom. The van der Waals surface area contributed by atoms with Crippen LogP contribution in [0.1, 0.15) is 0 Å². The molecule has 0 aliphatic heterocycles. The van der Waals surface area contributed by atoms with E-state index in [4.69, 9.17) is 0 Å². The molecule has 8 heteroatoms. The molecule has 0 unspecified atom stereocenters. The molecule has 1 radical (unpaired) electrons. The van der Waals surface area contributed by atoms with Gasteiger partial charge in [-0.05, 0) is 0 Å². The van der Waals surface area contributed by atoms with Crippen LogP contribution in [0, 0.1) is 0 Å². The predicted molar refractivity (Wildman–Crippen MR) is 9.68 cm³/mol. The maximum absolute atomic E-state index is 0. The summed E-state index contributed by atoms with van der Waals surface area (Å²) in [5.74, 6) is 0. The predicted octanol–water partition coefficient (Wildman–Crippen LogP) is -0.891. The number of hydrogen-bond donors (Lipinski definition) is 0. The van der Waals surface area contributed by atoms with Crippen molar-refractivity contribution in [3.63, 3.8) is 0 Å². The van der Waals surface area contributed by atoms with Gasteiger partial charge in [-0.2, -0.15) is 0 Å². The van der Waals surface area contributed by atoms with Crippen molar-refractivity contribution in [2.45, 2.75) is 0 Å². The molecule has 5 N–H and O–H groups in total. The molecule has 0 atom stereocenters. The molecule has 0 fully saturated rings. The minimum absolute atomic E-state index is 0. The van der Waals surface area contributed by atoms with Gasteiger partial charge in [-0.3, -0.25) is 0 Å². The van der Waals surface area contributed by atoms with Gasteiger partial charge in [0.05, 0.1) is 0 Å². The van der Waals surface area contributed by atoms with E-state index in [1.165, 1.54) is 0 Å². The van der Waals surface area contributed by atoms with Crippen molar-refractivity contribution in [2.24, 2.45) is 0 Å². The van der Waals surface area contributed by atoms with E-state index in [1.807, 2.05) is 0 Å². The van der Waals surface area contributed by atoms with Gasteiger partial charge in [-0.15, -0.1) is 0 Å². The van der Waals surface area contributed by atoms with Gasteiger partial charge in [0.25, 0.3) is 0 Å². The van der Waals surface area contributed by atoms with Crippen LogP contribution in [-0.4, -0.2) is 27.4 Å². The molecular formula is H5CrNbO5V. The van der Waals surface area contributed by atoms with Gasteiger partial charge in [0.2, 0.25) is 0 Å². The van der Waals surface area contributed by atoms with Crippen LogP contribution in [0.4, 0.5) is 0 Å². The molecule has 0 amide bonds. The van der Waals surface area contributed by atoms with Crippen LogP contribution in [0.3, 0.4) is 0 Å². The normalized spacial score (nSPS) is 0. The average molecular weight is 281 g/mol. The van der Waals surface area contributed by atoms with E-state index in [2.05, 4.69) is 0 Å². The van der Waals surface area contributed by atoms with E-state index in [-0.39, 0.29) is 85.7 Å². The first-order valence-electron chi connectivity index (χ1n) is 0. The molecular weight excluding hydrogens is 276 g/mol. The molecule has 5 nitrogen and oxygen atoms in total. The summed E-state index contributed by atoms with van der Waals surface area (Å²) in [5.41, 5.74) is 0. The molecule has 0 aromatic carbocycles. The fourth-order valence-electron chi connectivity index (χ4n) is 0.